The molecular formula is C16H30N2O. The fourth-order valence-corrected chi connectivity index (χ4v) is 1.90. The van der Waals surface area contributed by atoms with E-state index in [2.05, 4.69) is 56.6 Å². The molecule has 0 bridgehead atoms. The van der Waals surface area contributed by atoms with Crippen LogP contribution < -0.4 is 10.6 Å². The van der Waals surface area contributed by atoms with E-state index in [-0.39, 0.29) is 12.1 Å². The van der Waals surface area contributed by atoms with E-state index in [1.165, 1.54) is 16.7 Å². The molecule has 0 atom stereocenters. The van der Waals surface area contributed by atoms with Gasteiger partial charge in [0.05, 0.1) is 6.61 Å². The molecule has 0 aromatic rings. The molecule has 0 aromatic heterocycles. The molecule has 0 radical (unpaired) electrons. The maximum Gasteiger partial charge on any atom is 0.0556 e. The molecule has 0 saturated heterocycles. The summed E-state index contributed by atoms with van der Waals surface area (Å²) in [4.78, 5) is 0. The van der Waals surface area contributed by atoms with E-state index in [9.17, 15) is 0 Å². The second-order valence-corrected chi connectivity index (χ2v) is 5.35. The van der Waals surface area contributed by atoms with Gasteiger partial charge in [0.25, 0.3) is 0 Å². The zero-order valence-corrected chi connectivity index (χ0v) is 13.3. The molecule has 0 aliphatic carbocycles. The summed E-state index contributed by atoms with van der Waals surface area (Å²) in [7, 11) is 1.96. The van der Waals surface area contributed by atoms with Crippen LogP contribution >= 0.6 is 0 Å². The van der Waals surface area contributed by atoms with Crippen LogP contribution in [0.15, 0.2) is 34.9 Å². The molecule has 110 valence electrons. The Hall–Kier alpha value is -0.900. The Kier molecular flexibility index (Phi) is 8.65. The van der Waals surface area contributed by atoms with Crippen LogP contribution in [0.4, 0.5) is 0 Å². The first kappa shape index (κ1) is 18.1. The van der Waals surface area contributed by atoms with Crippen molar-refractivity contribution in [3.63, 3.8) is 0 Å². The lowest BCUT2D eigenvalue weighted by Gasteiger charge is -2.27. The lowest BCUT2D eigenvalue weighted by Crippen LogP contribution is -2.42. The minimum absolute atomic E-state index is 0.134. The van der Waals surface area contributed by atoms with Crippen molar-refractivity contribution >= 4 is 0 Å². The van der Waals surface area contributed by atoms with Crippen LogP contribution in [0.1, 0.15) is 34.6 Å². The highest BCUT2D eigenvalue weighted by Crippen LogP contribution is 2.18. The van der Waals surface area contributed by atoms with Gasteiger partial charge in [-0.15, -0.1) is 0 Å². The Morgan fingerprint density at radius 2 is 1.84 bits per heavy atom. The third kappa shape index (κ3) is 6.71. The first-order chi connectivity index (χ1) is 8.88. The van der Waals surface area contributed by atoms with Crippen LogP contribution in [0.2, 0.25) is 0 Å². The number of likely N-dealkylation sites (N-methyl/N-ethyl adjacent to an activating group) is 1. The number of allylic oxidation sites excluding steroid dienone is 3. The second-order valence-electron chi connectivity index (χ2n) is 5.35. The lowest BCUT2D eigenvalue weighted by atomic mass is 9.92. The van der Waals surface area contributed by atoms with Gasteiger partial charge in [-0.05, 0) is 47.2 Å². The minimum Gasteiger partial charge on any atom is -0.395 e. The Morgan fingerprint density at radius 3 is 2.32 bits per heavy atom. The van der Waals surface area contributed by atoms with Gasteiger partial charge in [-0.1, -0.05) is 29.4 Å². The first-order valence-corrected chi connectivity index (χ1v) is 6.90. The normalized spacial score (nSPS) is 15.0. The zero-order valence-electron chi connectivity index (χ0n) is 13.3. The Balaban J connectivity index is 4.87. The van der Waals surface area contributed by atoms with E-state index >= 15 is 0 Å². The molecule has 0 fully saturated rings. The van der Waals surface area contributed by atoms with Crippen molar-refractivity contribution in [2.24, 2.45) is 0 Å². The van der Waals surface area contributed by atoms with Crippen LogP contribution in [0.5, 0.6) is 0 Å². The van der Waals surface area contributed by atoms with Crippen molar-refractivity contribution in [2.45, 2.75) is 40.2 Å². The van der Waals surface area contributed by atoms with Gasteiger partial charge in [0.2, 0.25) is 0 Å². The predicted octanol–water partition coefficient (Wildman–Crippen LogP) is 2.41. The van der Waals surface area contributed by atoms with Gasteiger partial charge >= 0.3 is 0 Å². The largest absolute Gasteiger partial charge is 0.395 e. The molecule has 19 heavy (non-hydrogen) atoms. The number of aliphatic hydroxyl groups excluding tert-OH is 1. The molecule has 0 aliphatic rings. The van der Waals surface area contributed by atoms with E-state index in [0.717, 1.165) is 6.54 Å². The molecule has 3 nitrogen and oxygen atoms in total. The van der Waals surface area contributed by atoms with E-state index < -0.39 is 0 Å². The molecule has 3 N–H and O–H groups in total. The molecule has 0 aromatic carbocycles. The smallest absolute Gasteiger partial charge is 0.0556 e. The van der Waals surface area contributed by atoms with Gasteiger partial charge in [-0.25, -0.2) is 0 Å². The standard InChI is InChI=1S/C16H30N2O/c1-7-15(16(4,5)18-10-11-19)9-8-13(2)14(3)12-17-6/h7-9,17-19H,10-12H2,1-6H3/b9-8-,14-13+,15-7+. The summed E-state index contributed by atoms with van der Waals surface area (Å²) in [6.07, 6.45) is 6.42. The van der Waals surface area contributed by atoms with E-state index in [1.54, 1.807) is 0 Å². The Labute approximate surface area is 118 Å². The van der Waals surface area contributed by atoms with Gasteiger partial charge in [0, 0.05) is 18.6 Å². The lowest BCUT2D eigenvalue weighted by molar-refractivity contribution is 0.276. The maximum atomic E-state index is 8.92. The number of β-amino-alcohol motifs (C(OH)–C–C–N with tert-alkyl or cyclic N) is 1. The molecule has 0 aliphatic heterocycles. The molecule has 0 saturated carbocycles. The quantitative estimate of drug-likeness (QED) is 0.591. The zero-order chi connectivity index (χ0) is 14.9. The second kappa shape index (κ2) is 9.08. The topological polar surface area (TPSA) is 44.3 Å². The van der Waals surface area contributed by atoms with E-state index in [4.69, 9.17) is 5.11 Å². The third-order valence-corrected chi connectivity index (χ3v) is 3.34. The highest BCUT2D eigenvalue weighted by Gasteiger charge is 2.19. The number of hydrogen-bond donors (Lipinski definition) is 3. The Bertz CT molecular complexity index is 352. The molecule has 0 rings (SSSR count). The van der Waals surface area contributed by atoms with E-state index in [0.29, 0.717) is 6.54 Å². The summed E-state index contributed by atoms with van der Waals surface area (Å²) in [5.41, 5.74) is 3.71. The van der Waals surface area contributed by atoms with Gasteiger partial charge in [-0.3, -0.25) is 0 Å². The minimum atomic E-state index is -0.134. The van der Waals surface area contributed by atoms with Crippen molar-refractivity contribution in [1.29, 1.82) is 0 Å². The fourth-order valence-electron chi connectivity index (χ4n) is 1.90. The van der Waals surface area contributed by atoms with Crippen LogP contribution in [0, 0.1) is 0 Å². The van der Waals surface area contributed by atoms with Crippen LogP contribution in [-0.4, -0.2) is 37.4 Å². The van der Waals surface area contributed by atoms with Gasteiger partial charge in [0.1, 0.15) is 0 Å². The molecule has 0 amide bonds. The van der Waals surface area contributed by atoms with E-state index in [1.807, 2.05) is 14.0 Å². The number of aliphatic hydroxyl groups is 1. The summed E-state index contributed by atoms with van der Waals surface area (Å²) >= 11 is 0. The average Bonchev–Trinajstić information content (AvgIpc) is 2.36. The summed E-state index contributed by atoms with van der Waals surface area (Å²) < 4.78 is 0. The van der Waals surface area contributed by atoms with Crippen molar-refractivity contribution < 1.29 is 5.11 Å². The highest BCUT2D eigenvalue weighted by molar-refractivity contribution is 5.35. The highest BCUT2D eigenvalue weighted by atomic mass is 16.3. The number of hydrogen-bond acceptors (Lipinski definition) is 3. The average molecular weight is 266 g/mol. The van der Waals surface area contributed by atoms with Crippen molar-refractivity contribution in [1.82, 2.24) is 10.6 Å². The monoisotopic (exact) mass is 266 g/mol. The molecular weight excluding hydrogens is 236 g/mol. The van der Waals surface area contributed by atoms with Crippen LogP contribution in [0.3, 0.4) is 0 Å². The van der Waals surface area contributed by atoms with Crippen molar-refractivity contribution in [3.05, 3.63) is 34.9 Å². The molecule has 0 spiro atoms. The first-order valence-electron chi connectivity index (χ1n) is 6.90. The van der Waals surface area contributed by atoms with Gasteiger partial charge in [0.15, 0.2) is 0 Å². The SMILES string of the molecule is C\C=C(/C=C\C(C)=C(/C)CNC)C(C)(C)NCCO. The fraction of sp³-hybridized carbons (Fsp3) is 0.625. The van der Waals surface area contributed by atoms with Crippen LogP contribution in [0.25, 0.3) is 0 Å². The van der Waals surface area contributed by atoms with Gasteiger partial charge < -0.3 is 15.7 Å². The molecule has 0 heterocycles. The summed E-state index contributed by atoms with van der Waals surface area (Å²) in [5, 5.41) is 15.4. The van der Waals surface area contributed by atoms with Gasteiger partial charge in [-0.2, -0.15) is 0 Å². The number of rotatable bonds is 8. The van der Waals surface area contributed by atoms with Crippen LogP contribution in [-0.2, 0) is 0 Å². The van der Waals surface area contributed by atoms with Crippen molar-refractivity contribution in [2.75, 3.05) is 26.7 Å². The molecule has 3 heteroatoms. The third-order valence-electron chi connectivity index (χ3n) is 3.34. The number of nitrogens with one attached hydrogen (secondary N) is 2. The summed E-state index contributed by atoms with van der Waals surface area (Å²) in [6, 6.07) is 0. The predicted molar refractivity (Wildman–Crippen MR) is 84.4 cm³/mol. The Morgan fingerprint density at radius 1 is 1.21 bits per heavy atom. The van der Waals surface area contributed by atoms with Crippen molar-refractivity contribution in [3.8, 4) is 0 Å². The summed E-state index contributed by atoms with van der Waals surface area (Å²) in [6.45, 7) is 12.2. The maximum absolute atomic E-state index is 8.92. The summed E-state index contributed by atoms with van der Waals surface area (Å²) in [5.74, 6) is 0. The molecule has 0 unspecified atom stereocenters.